The van der Waals surface area contributed by atoms with E-state index in [9.17, 15) is 9.90 Å². The standard InChI is InChI=1S/C21H24N2O2/c1-14(24)12-17(16-8-4-3-5-9-16)13-22-21(25)20-15(2)23-19-11-7-6-10-18(19)20/h3-11,14,17,23-24H,12-13H2,1-2H3,(H,22,25). The van der Waals surface area contributed by atoms with Gasteiger partial charge in [0.1, 0.15) is 0 Å². The molecule has 3 aromatic rings. The Morgan fingerprint density at radius 2 is 1.80 bits per heavy atom. The number of rotatable bonds is 6. The Bertz CT molecular complexity index is 853. The summed E-state index contributed by atoms with van der Waals surface area (Å²) in [6, 6.07) is 17.8. The van der Waals surface area contributed by atoms with E-state index in [2.05, 4.69) is 10.3 Å². The zero-order valence-electron chi connectivity index (χ0n) is 14.6. The minimum Gasteiger partial charge on any atom is -0.393 e. The van der Waals surface area contributed by atoms with E-state index < -0.39 is 6.10 Å². The van der Waals surface area contributed by atoms with Crippen molar-refractivity contribution in [2.75, 3.05) is 6.54 Å². The van der Waals surface area contributed by atoms with Crippen LogP contribution in [0, 0.1) is 6.92 Å². The molecule has 2 atom stereocenters. The number of aliphatic hydroxyl groups excluding tert-OH is 1. The molecule has 0 aliphatic carbocycles. The first-order valence-electron chi connectivity index (χ1n) is 8.64. The van der Waals surface area contributed by atoms with Crippen LogP contribution < -0.4 is 5.32 Å². The van der Waals surface area contributed by atoms with Gasteiger partial charge >= 0.3 is 0 Å². The Balaban J connectivity index is 1.78. The van der Waals surface area contributed by atoms with Crippen molar-refractivity contribution in [3.05, 3.63) is 71.4 Å². The first-order chi connectivity index (χ1) is 12.1. The second-order valence-electron chi connectivity index (χ2n) is 6.57. The molecule has 2 aromatic carbocycles. The average molecular weight is 336 g/mol. The third-order valence-electron chi connectivity index (χ3n) is 4.53. The maximum Gasteiger partial charge on any atom is 0.253 e. The van der Waals surface area contributed by atoms with Crippen molar-refractivity contribution in [2.24, 2.45) is 0 Å². The average Bonchev–Trinajstić information content (AvgIpc) is 2.94. The Hall–Kier alpha value is -2.59. The Morgan fingerprint density at radius 3 is 2.52 bits per heavy atom. The van der Waals surface area contributed by atoms with Gasteiger partial charge in [-0.15, -0.1) is 0 Å². The van der Waals surface area contributed by atoms with Gasteiger partial charge in [-0.2, -0.15) is 0 Å². The Kier molecular flexibility index (Phi) is 5.19. The molecule has 25 heavy (non-hydrogen) atoms. The molecular weight excluding hydrogens is 312 g/mol. The van der Waals surface area contributed by atoms with Gasteiger partial charge in [0.25, 0.3) is 5.91 Å². The van der Waals surface area contributed by atoms with Crippen LogP contribution in [0.1, 0.15) is 40.9 Å². The molecule has 0 bridgehead atoms. The van der Waals surface area contributed by atoms with Crippen molar-refractivity contribution in [3.8, 4) is 0 Å². The maximum absolute atomic E-state index is 12.8. The molecule has 1 aromatic heterocycles. The fourth-order valence-corrected chi connectivity index (χ4v) is 3.35. The summed E-state index contributed by atoms with van der Waals surface area (Å²) in [5.74, 6) is -0.00265. The minimum atomic E-state index is -0.420. The zero-order chi connectivity index (χ0) is 17.8. The van der Waals surface area contributed by atoms with Crippen LogP contribution in [0.25, 0.3) is 10.9 Å². The van der Waals surface area contributed by atoms with Gasteiger partial charge in [-0.3, -0.25) is 4.79 Å². The lowest BCUT2D eigenvalue weighted by molar-refractivity contribution is 0.0946. The molecule has 3 N–H and O–H groups in total. The van der Waals surface area contributed by atoms with Gasteiger partial charge in [0.2, 0.25) is 0 Å². The van der Waals surface area contributed by atoms with Crippen molar-refractivity contribution < 1.29 is 9.90 Å². The number of carbonyl (C=O) groups is 1. The summed E-state index contributed by atoms with van der Waals surface area (Å²) in [5, 5.41) is 13.8. The van der Waals surface area contributed by atoms with E-state index >= 15 is 0 Å². The van der Waals surface area contributed by atoms with E-state index in [1.807, 2.05) is 61.5 Å². The van der Waals surface area contributed by atoms with Crippen LogP contribution in [0.3, 0.4) is 0 Å². The highest BCUT2D eigenvalue weighted by Gasteiger charge is 2.19. The van der Waals surface area contributed by atoms with Crippen LogP contribution in [-0.4, -0.2) is 28.6 Å². The van der Waals surface area contributed by atoms with Crippen molar-refractivity contribution in [1.29, 1.82) is 0 Å². The number of fused-ring (bicyclic) bond motifs is 1. The summed E-state index contributed by atoms with van der Waals surface area (Å²) in [5.41, 5.74) is 3.65. The molecule has 1 amide bonds. The van der Waals surface area contributed by atoms with E-state index in [1.54, 1.807) is 6.92 Å². The van der Waals surface area contributed by atoms with Crippen molar-refractivity contribution in [2.45, 2.75) is 32.3 Å². The molecular formula is C21H24N2O2. The molecule has 2 unspecified atom stereocenters. The van der Waals surface area contributed by atoms with Crippen LogP contribution in [0.4, 0.5) is 0 Å². The van der Waals surface area contributed by atoms with Crippen LogP contribution >= 0.6 is 0 Å². The van der Waals surface area contributed by atoms with Gasteiger partial charge in [-0.25, -0.2) is 0 Å². The minimum absolute atomic E-state index is 0.0793. The molecule has 130 valence electrons. The third-order valence-corrected chi connectivity index (χ3v) is 4.53. The number of carbonyl (C=O) groups excluding carboxylic acids is 1. The first kappa shape index (κ1) is 17.2. The predicted molar refractivity (Wildman–Crippen MR) is 101 cm³/mol. The molecule has 0 fully saturated rings. The number of hydrogen-bond donors (Lipinski definition) is 3. The molecule has 4 heteroatoms. The molecule has 0 saturated carbocycles. The van der Waals surface area contributed by atoms with Crippen molar-refractivity contribution >= 4 is 16.8 Å². The fourth-order valence-electron chi connectivity index (χ4n) is 3.35. The second kappa shape index (κ2) is 7.53. The van der Waals surface area contributed by atoms with Gasteiger partial charge in [-0.1, -0.05) is 48.5 Å². The number of H-pyrrole nitrogens is 1. The number of amides is 1. The smallest absolute Gasteiger partial charge is 0.253 e. The number of benzene rings is 2. The number of aryl methyl sites for hydroxylation is 1. The van der Waals surface area contributed by atoms with Crippen LogP contribution in [0.2, 0.25) is 0 Å². The summed E-state index contributed by atoms with van der Waals surface area (Å²) in [4.78, 5) is 16.0. The molecule has 1 heterocycles. The van der Waals surface area contributed by atoms with E-state index in [4.69, 9.17) is 0 Å². The van der Waals surface area contributed by atoms with Crippen molar-refractivity contribution in [3.63, 3.8) is 0 Å². The number of nitrogens with one attached hydrogen (secondary N) is 2. The van der Waals surface area contributed by atoms with Gasteiger partial charge in [-0.05, 0) is 31.9 Å². The fraction of sp³-hybridized carbons (Fsp3) is 0.286. The highest BCUT2D eigenvalue weighted by atomic mass is 16.3. The molecule has 0 aliphatic rings. The second-order valence-corrected chi connectivity index (χ2v) is 6.57. The van der Waals surface area contributed by atoms with Crippen LogP contribution in [-0.2, 0) is 0 Å². The van der Waals surface area contributed by atoms with Crippen LogP contribution in [0.5, 0.6) is 0 Å². The monoisotopic (exact) mass is 336 g/mol. The lowest BCUT2D eigenvalue weighted by Gasteiger charge is -2.19. The maximum atomic E-state index is 12.8. The number of para-hydroxylation sites is 1. The topological polar surface area (TPSA) is 65.1 Å². The number of hydrogen-bond acceptors (Lipinski definition) is 2. The number of aromatic amines is 1. The molecule has 3 rings (SSSR count). The molecule has 0 radical (unpaired) electrons. The lowest BCUT2D eigenvalue weighted by atomic mass is 9.93. The summed E-state index contributed by atoms with van der Waals surface area (Å²) >= 11 is 0. The van der Waals surface area contributed by atoms with E-state index in [1.165, 1.54) is 0 Å². The first-order valence-corrected chi connectivity index (χ1v) is 8.64. The van der Waals surface area contributed by atoms with E-state index in [0.717, 1.165) is 22.2 Å². The van der Waals surface area contributed by atoms with Gasteiger partial charge < -0.3 is 15.4 Å². The number of aliphatic hydroxyl groups is 1. The molecule has 0 aliphatic heterocycles. The quantitative estimate of drug-likeness (QED) is 0.642. The van der Waals surface area contributed by atoms with Crippen molar-refractivity contribution in [1.82, 2.24) is 10.3 Å². The van der Waals surface area contributed by atoms with Gasteiger partial charge in [0.15, 0.2) is 0 Å². The summed E-state index contributed by atoms with van der Waals surface area (Å²) < 4.78 is 0. The highest BCUT2D eigenvalue weighted by Crippen LogP contribution is 2.23. The summed E-state index contributed by atoms with van der Waals surface area (Å²) in [7, 11) is 0. The van der Waals surface area contributed by atoms with E-state index in [-0.39, 0.29) is 11.8 Å². The highest BCUT2D eigenvalue weighted by molar-refractivity contribution is 6.08. The summed E-state index contributed by atoms with van der Waals surface area (Å²) in [6.45, 7) is 4.19. The summed E-state index contributed by atoms with van der Waals surface area (Å²) in [6.07, 6.45) is 0.189. The lowest BCUT2D eigenvalue weighted by Crippen LogP contribution is -2.30. The Morgan fingerprint density at radius 1 is 1.12 bits per heavy atom. The van der Waals surface area contributed by atoms with E-state index in [0.29, 0.717) is 18.5 Å². The molecule has 0 saturated heterocycles. The van der Waals surface area contributed by atoms with Crippen LogP contribution in [0.15, 0.2) is 54.6 Å². The third kappa shape index (κ3) is 3.91. The SMILES string of the molecule is Cc1[nH]c2ccccc2c1C(=O)NCC(CC(C)O)c1ccccc1. The normalized spacial score (nSPS) is 13.6. The van der Waals surface area contributed by atoms with Gasteiger partial charge in [0.05, 0.1) is 11.7 Å². The predicted octanol–water partition coefficient (Wildman–Crippen LogP) is 3.76. The number of aromatic nitrogens is 1. The van der Waals surface area contributed by atoms with Gasteiger partial charge in [0, 0.05) is 29.1 Å². The Labute approximate surface area is 147 Å². The zero-order valence-corrected chi connectivity index (χ0v) is 14.6. The largest absolute Gasteiger partial charge is 0.393 e. The molecule has 4 nitrogen and oxygen atoms in total. The molecule has 0 spiro atoms.